The molecule has 0 atom stereocenters. The van der Waals surface area contributed by atoms with Crippen LogP contribution >= 0.6 is 0 Å². The van der Waals surface area contributed by atoms with Gasteiger partial charge in [-0.2, -0.15) is 0 Å². The van der Waals surface area contributed by atoms with Crippen LogP contribution < -0.4 is 0 Å². The van der Waals surface area contributed by atoms with Crippen molar-refractivity contribution in [3.8, 4) is 56.2 Å². The molecule has 0 fully saturated rings. The molecule has 1 radical (unpaired) electrons. The molecule has 251 valence electrons. The molecule has 0 bridgehead atoms. The van der Waals surface area contributed by atoms with Crippen LogP contribution in [-0.2, 0) is 20.1 Å². The monoisotopic (exact) mass is 846 g/mol. The van der Waals surface area contributed by atoms with Gasteiger partial charge in [0.2, 0.25) is 0 Å². The molecule has 0 unspecified atom stereocenters. The molecule has 4 aromatic heterocycles. The summed E-state index contributed by atoms with van der Waals surface area (Å²) in [5, 5.41) is 3.42. The first-order valence-electron chi connectivity index (χ1n) is 16.7. The van der Waals surface area contributed by atoms with Crippen molar-refractivity contribution < 1.29 is 20.1 Å². The molecule has 0 aliphatic carbocycles. The summed E-state index contributed by atoms with van der Waals surface area (Å²) in [6, 6.07) is 55.5. The van der Waals surface area contributed by atoms with E-state index in [0.717, 1.165) is 77.8 Å². The average molecular weight is 846 g/mol. The SMILES string of the molecule is Cc1c(-c2cc[c-]c(-c3ccccn3)c2)ncnc1-c1cc2ncccc2c2ccc(-c3ccccc3)cc12.[Ir].[c-]1ccccc1-c1ccccn1. The van der Waals surface area contributed by atoms with Gasteiger partial charge in [-0.15, -0.1) is 65.7 Å². The molecule has 9 rings (SSSR count). The molecule has 52 heavy (non-hydrogen) atoms. The van der Waals surface area contributed by atoms with Crippen molar-refractivity contribution in [1.29, 1.82) is 0 Å². The van der Waals surface area contributed by atoms with Crippen molar-refractivity contribution in [1.82, 2.24) is 24.9 Å². The fraction of sp³-hybridized carbons (Fsp3) is 0.0217. The van der Waals surface area contributed by atoms with Gasteiger partial charge in [0.1, 0.15) is 6.33 Å². The zero-order valence-corrected chi connectivity index (χ0v) is 30.6. The minimum Gasteiger partial charge on any atom is -0.305 e. The molecular weight excluding hydrogens is 815 g/mol. The zero-order valence-electron chi connectivity index (χ0n) is 28.2. The fourth-order valence-corrected chi connectivity index (χ4v) is 6.35. The topological polar surface area (TPSA) is 64.5 Å². The van der Waals surface area contributed by atoms with Crippen LogP contribution in [0.1, 0.15) is 5.56 Å². The molecule has 6 heteroatoms. The molecule has 5 nitrogen and oxygen atoms in total. The fourth-order valence-electron chi connectivity index (χ4n) is 6.35. The summed E-state index contributed by atoms with van der Waals surface area (Å²) >= 11 is 0. The Morgan fingerprint density at radius 2 is 1.15 bits per heavy atom. The summed E-state index contributed by atoms with van der Waals surface area (Å²) in [7, 11) is 0. The van der Waals surface area contributed by atoms with E-state index < -0.39 is 0 Å². The van der Waals surface area contributed by atoms with E-state index in [1.165, 1.54) is 5.56 Å². The van der Waals surface area contributed by atoms with E-state index in [0.29, 0.717) is 0 Å². The normalized spacial score (nSPS) is 10.6. The average Bonchev–Trinajstić information content (AvgIpc) is 3.22. The van der Waals surface area contributed by atoms with E-state index in [1.807, 2.05) is 91.1 Å². The predicted octanol–water partition coefficient (Wildman–Crippen LogP) is 10.9. The van der Waals surface area contributed by atoms with Crippen LogP contribution in [-0.4, -0.2) is 24.9 Å². The molecular formula is C46H31IrN5-2. The second kappa shape index (κ2) is 15.8. The number of benzene rings is 5. The Labute approximate surface area is 316 Å². The van der Waals surface area contributed by atoms with E-state index >= 15 is 0 Å². The number of fused-ring (bicyclic) bond motifs is 3. The molecule has 0 N–H and O–H groups in total. The number of nitrogens with zero attached hydrogens (tertiary/aromatic N) is 5. The van der Waals surface area contributed by atoms with Gasteiger partial charge in [0, 0.05) is 55.2 Å². The number of hydrogen-bond acceptors (Lipinski definition) is 5. The van der Waals surface area contributed by atoms with E-state index in [9.17, 15) is 0 Å². The molecule has 0 aliphatic rings. The Morgan fingerprint density at radius 1 is 0.442 bits per heavy atom. The van der Waals surface area contributed by atoms with Crippen LogP contribution in [0.25, 0.3) is 77.8 Å². The molecule has 5 aromatic carbocycles. The Kier molecular flexibility index (Phi) is 10.4. The third kappa shape index (κ3) is 7.17. The van der Waals surface area contributed by atoms with Crippen LogP contribution in [0, 0.1) is 19.1 Å². The van der Waals surface area contributed by atoms with Gasteiger partial charge < -0.3 is 9.97 Å². The summed E-state index contributed by atoms with van der Waals surface area (Å²) in [5.41, 5.74) is 12.0. The van der Waals surface area contributed by atoms with Crippen molar-refractivity contribution in [2.75, 3.05) is 0 Å². The molecule has 0 saturated heterocycles. The zero-order chi connectivity index (χ0) is 34.4. The van der Waals surface area contributed by atoms with Gasteiger partial charge in [0.15, 0.2) is 0 Å². The first kappa shape index (κ1) is 34.3. The predicted molar refractivity (Wildman–Crippen MR) is 206 cm³/mol. The van der Waals surface area contributed by atoms with Gasteiger partial charge in [-0.25, -0.2) is 9.97 Å². The summed E-state index contributed by atoms with van der Waals surface area (Å²) in [4.78, 5) is 22.9. The standard InChI is InChI=1S/C35H23N4.C11H8N.Ir/c1-23-34(27-12-7-11-26(19-27)32-14-5-6-17-36-32)38-22-39-35(23)31-21-33-29(13-8-18-37-33)28-16-15-25(20-30(28)31)24-9-3-2-4-10-24;1-2-6-10(7-3-1)11-8-4-5-9-12-11;/h2-10,12-22H,1H3;1-6,8-9H;/q2*-1;. The first-order valence-corrected chi connectivity index (χ1v) is 16.7. The summed E-state index contributed by atoms with van der Waals surface area (Å²) < 4.78 is 0. The number of rotatable bonds is 5. The van der Waals surface area contributed by atoms with Crippen LogP contribution in [0.4, 0.5) is 0 Å². The third-order valence-corrected chi connectivity index (χ3v) is 8.83. The molecule has 4 heterocycles. The third-order valence-electron chi connectivity index (χ3n) is 8.83. The molecule has 0 spiro atoms. The second-order valence-corrected chi connectivity index (χ2v) is 12.0. The van der Waals surface area contributed by atoms with Gasteiger partial charge in [0.05, 0.1) is 16.9 Å². The van der Waals surface area contributed by atoms with Gasteiger partial charge >= 0.3 is 0 Å². The van der Waals surface area contributed by atoms with Crippen molar-refractivity contribution in [3.63, 3.8) is 0 Å². The van der Waals surface area contributed by atoms with Crippen molar-refractivity contribution >= 4 is 21.7 Å². The van der Waals surface area contributed by atoms with Gasteiger partial charge in [-0.3, -0.25) is 4.98 Å². The summed E-state index contributed by atoms with van der Waals surface area (Å²) in [6.45, 7) is 2.09. The maximum absolute atomic E-state index is 4.82. The minimum atomic E-state index is 0. The molecule has 0 saturated carbocycles. The quantitative estimate of drug-likeness (QED) is 0.128. The van der Waals surface area contributed by atoms with Gasteiger partial charge in [0.25, 0.3) is 0 Å². The maximum atomic E-state index is 4.82. The van der Waals surface area contributed by atoms with Crippen molar-refractivity contribution in [2.24, 2.45) is 0 Å². The van der Waals surface area contributed by atoms with E-state index in [2.05, 4.69) is 89.7 Å². The van der Waals surface area contributed by atoms with E-state index in [-0.39, 0.29) is 20.1 Å². The van der Waals surface area contributed by atoms with Gasteiger partial charge in [-0.1, -0.05) is 78.4 Å². The molecule has 0 aliphatic heterocycles. The van der Waals surface area contributed by atoms with Crippen molar-refractivity contribution in [3.05, 3.63) is 188 Å². The summed E-state index contributed by atoms with van der Waals surface area (Å²) in [5.74, 6) is 0. The van der Waals surface area contributed by atoms with Crippen LogP contribution in [0.3, 0.4) is 0 Å². The Morgan fingerprint density at radius 3 is 1.90 bits per heavy atom. The minimum absolute atomic E-state index is 0. The first-order chi connectivity index (χ1) is 25.2. The van der Waals surface area contributed by atoms with Crippen LogP contribution in [0.15, 0.2) is 171 Å². The molecule has 9 aromatic rings. The van der Waals surface area contributed by atoms with Crippen molar-refractivity contribution in [2.45, 2.75) is 6.92 Å². The molecule has 0 amide bonds. The maximum Gasteiger partial charge on any atom is 0.116 e. The smallest absolute Gasteiger partial charge is 0.116 e. The van der Waals surface area contributed by atoms with Gasteiger partial charge in [-0.05, 0) is 70.5 Å². The Hall–Kier alpha value is -6.20. The van der Waals surface area contributed by atoms with E-state index in [1.54, 1.807) is 18.7 Å². The number of pyridine rings is 3. The summed E-state index contributed by atoms with van der Waals surface area (Å²) in [6.07, 6.45) is 7.08. The second-order valence-electron chi connectivity index (χ2n) is 12.0. The largest absolute Gasteiger partial charge is 0.305 e. The number of aromatic nitrogens is 5. The Bertz CT molecular complexity index is 2540. The van der Waals surface area contributed by atoms with Crippen LogP contribution in [0.5, 0.6) is 0 Å². The number of hydrogen-bond donors (Lipinski definition) is 0. The van der Waals surface area contributed by atoms with E-state index in [4.69, 9.17) is 15.0 Å². The van der Waals surface area contributed by atoms with Crippen LogP contribution in [0.2, 0.25) is 0 Å². The Balaban J connectivity index is 0.000000275.